The molecule has 1 unspecified atom stereocenters. The fraction of sp³-hybridized carbons (Fsp3) is 0.500. The Kier molecular flexibility index (Phi) is 11.3. The number of ether oxygens (including phenoxy) is 4. The first kappa shape index (κ1) is 38.9. The Balaban J connectivity index is 1.31. The van der Waals surface area contributed by atoms with E-state index in [1.165, 1.54) is 38.7 Å². The zero-order valence-electron chi connectivity index (χ0n) is 31.9. The molecule has 0 radical (unpaired) electrons. The van der Waals surface area contributed by atoms with E-state index in [1.54, 1.807) is 25.3 Å². The molecule has 55 heavy (non-hydrogen) atoms. The van der Waals surface area contributed by atoms with Crippen LogP contribution in [0.1, 0.15) is 70.9 Å². The fourth-order valence-electron chi connectivity index (χ4n) is 8.60. The van der Waals surface area contributed by atoms with Crippen molar-refractivity contribution in [3.8, 4) is 17.4 Å². The molecule has 2 amide bonds. The predicted molar refractivity (Wildman–Crippen MR) is 207 cm³/mol. The van der Waals surface area contributed by atoms with Gasteiger partial charge in [0, 0.05) is 36.2 Å². The minimum Gasteiger partial charge on any atom is -0.490 e. The summed E-state index contributed by atoms with van der Waals surface area (Å²) in [4.78, 5) is 36.7. The molecule has 2 aromatic carbocycles. The van der Waals surface area contributed by atoms with Gasteiger partial charge in [0.1, 0.15) is 20.5 Å². The van der Waals surface area contributed by atoms with E-state index in [0.29, 0.717) is 37.2 Å². The van der Waals surface area contributed by atoms with Crippen LogP contribution in [0.2, 0.25) is 5.02 Å². The molecule has 1 spiro atoms. The van der Waals surface area contributed by atoms with Crippen LogP contribution in [0.4, 0.5) is 5.69 Å². The number of carbonyl (C=O) groups excluding carboxylic acids is 2. The molecule has 2 aliphatic carbocycles. The van der Waals surface area contributed by atoms with Crippen LogP contribution in [0.3, 0.4) is 0 Å². The van der Waals surface area contributed by atoms with Gasteiger partial charge in [-0.05, 0) is 97.7 Å². The Hall–Kier alpha value is -4.40. The van der Waals surface area contributed by atoms with E-state index in [4.69, 9.17) is 35.4 Å². The maximum atomic E-state index is 14.8. The number of rotatable bonds is 6. The molecule has 4 aliphatic rings. The molecular formula is C40H49ClN5O8S+. The summed E-state index contributed by atoms with van der Waals surface area (Å²) in [5.74, 6) is -0.654. The highest BCUT2D eigenvalue weighted by Gasteiger charge is 2.44. The molecule has 7 rings (SSSR count). The number of nitrogens with zero attached hydrogens (tertiary/aromatic N) is 4. The van der Waals surface area contributed by atoms with Crippen LogP contribution in [-0.2, 0) is 26.5 Å². The Labute approximate surface area is 327 Å². The van der Waals surface area contributed by atoms with Crippen LogP contribution in [0, 0.1) is 17.8 Å². The summed E-state index contributed by atoms with van der Waals surface area (Å²) < 4.78 is 45.2. The SMILES string of the molecule is COc1c[n+](OC)nc(OC)c1C(=O)NS1(=O)=NC(=O)c2ccc3c(c2)N(C[C@@H]2CC[C@H]2[C@@H](OC)/C=C/C[C@H](C)C1)C[C@@]1(CCCc2cc(Cl)ccc21)CO3. The number of aryl methyl sites for hydroxylation is 1. The Bertz CT molecular complexity index is 2100. The maximum Gasteiger partial charge on any atom is 0.300 e. The number of methoxy groups -OCH3 is 3. The summed E-state index contributed by atoms with van der Waals surface area (Å²) in [7, 11) is 2.11. The summed E-state index contributed by atoms with van der Waals surface area (Å²) >= 11 is 6.47. The summed E-state index contributed by atoms with van der Waals surface area (Å²) in [5, 5.41) is 4.86. The van der Waals surface area contributed by atoms with Crippen molar-refractivity contribution >= 4 is 39.0 Å². The second kappa shape index (κ2) is 16.0. The lowest BCUT2D eigenvalue weighted by atomic mass is 9.68. The lowest BCUT2D eigenvalue weighted by Crippen LogP contribution is -2.49. The number of benzene rings is 2. The molecule has 6 atom stereocenters. The number of aromatic nitrogens is 2. The van der Waals surface area contributed by atoms with Gasteiger partial charge in [-0.25, -0.2) is 9.05 Å². The third kappa shape index (κ3) is 7.86. The van der Waals surface area contributed by atoms with Crippen LogP contribution >= 0.6 is 11.6 Å². The molecule has 1 N–H and O–H groups in total. The quantitative estimate of drug-likeness (QED) is 0.263. The molecule has 1 saturated carbocycles. The average Bonchev–Trinajstić information content (AvgIpc) is 3.31. The van der Waals surface area contributed by atoms with Crippen LogP contribution in [0.5, 0.6) is 17.4 Å². The number of nitrogens with one attached hydrogen (secondary N) is 1. The topological polar surface area (TPSA) is 142 Å². The smallest absolute Gasteiger partial charge is 0.300 e. The highest BCUT2D eigenvalue weighted by Crippen LogP contribution is 2.47. The molecule has 1 fully saturated rings. The van der Waals surface area contributed by atoms with Crippen LogP contribution in [-0.4, -0.2) is 81.1 Å². The van der Waals surface area contributed by atoms with Gasteiger partial charge in [0.05, 0.1) is 43.5 Å². The van der Waals surface area contributed by atoms with E-state index >= 15 is 0 Å². The van der Waals surface area contributed by atoms with Gasteiger partial charge in [0.15, 0.2) is 12.7 Å². The van der Waals surface area contributed by atoms with Crippen molar-refractivity contribution in [2.24, 2.45) is 22.1 Å². The number of hydrogen-bond donors (Lipinski definition) is 1. The van der Waals surface area contributed by atoms with Gasteiger partial charge in [0.25, 0.3) is 18.0 Å². The molecule has 15 heteroatoms. The second-order valence-electron chi connectivity index (χ2n) is 15.1. The van der Waals surface area contributed by atoms with Gasteiger partial charge in [-0.2, -0.15) is 0 Å². The number of fused-ring (bicyclic) bond motifs is 4. The molecular weight excluding hydrogens is 746 g/mol. The lowest BCUT2D eigenvalue weighted by Gasteiger charge is -2.46. The number of halogens is 1. The first-order valence-electron chi connectivity index (χ1n) is 18.7. The molecule has 13 nitrogen and oxygen atoms in total. The van der Waals surface area contributed by atoms with Crippen molar-refractivity contribution in [3.05, 3.63) is 82.0 Å². The van der Waals surface area contributed by atoms with Gasteiger partial charge in [-0.3, -0.25) is 14.3 Å². The van der Waals surface area contributed by atoms with Crippen molar-refractivity contribution < 1.29 is 42.4 Å². The van der Waals surface area contributed by atoms with Crippen LogP contribution in [0.25, 0.3) is 0 Å². The minimum atomic E-state index is -3.73. The average molecular weight is 795 g/mol. The molecule has 2 bridgehead atoms. The maximum absolute atomic E-state index is 14.8. The third-order valence-electron chi connectivity index (χ3n) is 11.5. The number of amides is 2. The second-order valence-corrected chi connectivity index (χ2v) is 17.5. The minimum absolute atomic E-state index is 0.0527. The molecule has 0 saturated heterocycles. The van der Waals surface area contributed by atoms with Gasteiger partial charge in [-0.15, -0.1) is 4.36 Å². The van der Waals surface area contributed by atoms with Gasteiger partial charge >= 0.3 is 5.88 Å². The highest BCUT2D eigenvalue weighted by molar-refractivity contribution is 7.92. The largest absolute Gasteiger partial charge is 0.490 e. The van der Waals surface area contributed by atoms with Crippen molar-refractivity contribution in [1.82, 2.24) is 9.82 Å². The fourth-order valence-corrected chi connectivity index (χ4v) is 10.7. The number of hydrogen-bond acceptors (Lipinski definition) is 10. The summed E-state index contributed by atoms with van der Waals surface area (Å²) in [5.41, 5.74) is 3.09. The van der Waals surface area contributed by atoms with Gasteiger partial charge in [0.2, 0.25) is 5.75 Å². The van der Waals surface area contributed by atoms with Gasteiger partial charge < -0.3 is 23.8 Å². The zero-order valence-corrected chi connectivity index (χ0v) is 33.5. The standard InChI is InChI=1S/C40H48ClN5O8S/c1-25-8-6-10-33(50-2)30-14-11-28(30)20-45-23-40(17-7-9-26-18-29(41)13-15-31(26)40)24-54-34-16-12-27(19-32(34)45)37(47)43-55(49,22-25)44-38(48)36-35(51-3)21-46(53-5)42-39(36)52-4/h6,10,12-13,15-16,18-19,21,25,28,30,33H,7-9,11,14,17,20,22-24H2,1-5H3/p+1/b10-6+/t25-,28-,30+,33-,40-,55?/m0/s1. The normalized spacial score (nSPS) is 28.3. The van der Waals surface area contributed by atoms with Crippen molar-refractivity contribution in [3.63, 3.8) is 0 Å². The lowest BCUT2D eigenvalue weighted by molar-refractivity contribution is -0.930. The summed E-state index contributed by atoms with van der Waals surface area (Å²) in [6.45, 7) is 3.81. The van der Waals surface area contributed by atoms with Crippen molar-refractivity contribution in [2.45, 2.75) is 57.0 Å². The number of anilines is 1. The first-order valence-corrected chi connectivity index (χ1v) is 20.8. The van der Waals surface area contributed by atoms with E-state index in [-0.39, 0.29) is 45.9 Å². The summed E-state index contributed by atoms with van der Waals surface area (Å²) in [6.07, 6.45) is 10.9. The molecule has 1 aromatic heterocycles. The van der Waals surface area contributed by atoms with E-state index in [2.05, 4.69) is 37.3 Å². The van der Waals surface area contributed by atoms with Crippen LogP contribution < -0.4 is 33.5 Å². The van der Waals surface area contributed by atoms with E-state index < -0.39 is 21.7 Å². The molecule has 294 valence electrons. The zero-order chi connectivity index (χ0) is 38.9. The Morgan fingerprint density at radius 3 is 2.69 bits per heavy atom. The first-order chi connectivity index (χ1) is 26.5. The molecule has 2 aliphatic heterocycles. The Morgan fingerprint density at radius 2 is 1.96 bits per heavy atom. The number of carbonyl (C=O) groups is 2. The van der Waals surface area contributed by atoms with Gasteiger partial charge in [-0.1, -0.05) is 36.7 Å². The monoisotopic (exact) mass is 794 g/mol. The highest BCUT2D eigenvalue weighted by atomic mass is 35.5. The number of allylic oxidation sites excluding steroid dienone is 1. The van der Waals surface area contributed by atoms with E-state index in [9.17, 15) is 13.8 Å². The van der Waals surface area contributed by atoms with E-state index in [0.717, 1.165) is 54.2 Å². The van der Waals surface area contributed by atoms with Crippen molar-refractivity contribution in [1.29, 1.82) is 0 Å². The van der Waals surface area contributed by atoms with Crippen LogP contribution in [0.15, 0.2) is 59.1 Å². The Morgan fingerprint density at radius 1 is 1.13 bits per heavy atom. The third-order valence-corrected chi connectivity index (χ3v) is 13.7. The predicted octanol–water partition coefficient (Wildman–Crippen LogP) is 5.16. The molecule has 3 heterocycles. The van der Waals surface area contributed by atoms with E-state index in [1.807, 2.05) is 19.1 Å². The van der Waals surface area contributed by atoms with Crippen molar-refractivity contribution in [2.75, 3.05) is 58.8 Å². The molecule has 3 aromatic rings. The summed E-state index contributed by atoms with van der Waals surface area (Å²) in [6, 6.07) is 11.4.